The minimum Gasteiger partial charge on any atom is -0.544 e. The lowest BCUT2D eigenvalue weighted by Crippen LogP contribution is -2.43. The lowest BCUT2D eigenvalue weighted by atomic mass is 10.1. The van der Waals surface area contributed by atoms with Crippen LogP contribution in [0.25, 0.3) is 0 Å². The summed E-state index contributed by atoms with van der Waals surface area (Å²) >= 11 is 0. The van der Waals surface area contributed by atoms with Crippen LogP contribution in [0.15, 0.2) is 42.5 Å². The Morgan fingerprint density at radius 3 is 2.15 bits per heavy atom. The van der Waals surface area contributed by atoms with Crippen LogP contribution in [-0.2, 0) is 9.53 Å². The van der Waals surface area contributed by atoms with Gasteiger partial charge in [-0.2, -0.15) is 0 Å². The molecule has 1 atom stereocenters. The average Bonchev–Trinajstić information content (AvgIpc) is 2.73. The summed E-state index contributed by atoms with van der Waals surface area (Å²) in [6, 6.07) is 11.0. The van der Waals surface area contributed by atoms with E-state index in [-0.39, 0.29) is 17.3 Å². The van der Waals surface area contributed by atoms with E-state index in [1.807, 2.05) is 24.3 Å². The molecule has 0 radical (unpaired) electrons. The highest BCUT2D eigenvalue weighted by atomic mass is 28.4. The van der Waals surface area contributed by atoms with E-state index in [0.717, 1.165) is 11.3 Å². The molecule has 0 aliphatic rings. The highest BCUT2D eigenvalue weighted by Crippen LogP contribution is 2.37. The Balaban J connectivity index is 2.23. The second kappa shape index (κ2) is 10.4. The van der Waals surface area contributed by atoms with Crippen molar-refractivity contribution in [3.05, 3.63) is 59.4 Å². The van der Waals surface area contributed by atoms with E-state index in [1.165, 1.54) is 30.2 Å². The van der Waals surface area contributed by atoms with Crippen LogP contribution in [0.2, 0.25) is 18.1 Å². The maximum absolute atomic E-state index is 13.5. The van der Waals surface area contributed by atoms with Crippen molar-refractivity contribution in [2.75, 3.05) is 13.7 Å². The number of carbonyl (C=O) groups is 2. The summed E-state index contributed by atoms with van der Waals surface area (Å²) in [4.78, 5) is 26.2. The number of nitrogens with zero attached hydrogens (tertiary/aromatic N) is 1. The molecule has 2 aromatic rings. The molecule has 0 aromatic heterocycles. The lowest BCUT2D eigenvalue weighted by molar-refractivity contribution is -0.141. The molecule has 8 heteroatoms. The summed E-state index contributed by atoms with van der Waals surface area (Å²) in [5, 5.41) is 0.0682. The maximum atomic E-state index is 13.5. The third-order valence-corrected chi connectivity index (χ3v) is 10.5. The molecule has 0 fully saturated rings. The molecule has 0 heterocycles. The molecular weight excluding hydrogens is 441 g/mol. The van der Waals surface area contributed by atoms with Gasteiger partial charge in [0.05, 0.1) is 13.2 Å². The number of ether oxygens (including phenoxy) is 2. The number of methoxy groups -OCH3 is 1. The van der Waals surface area contributed by atoms with Crippen LogP contribution >= 0.6 is 0 Å². The molecule has 33 heavy (non-hydrogen) atoms. The van der Waals surface area contributed by atoms with Gasteiger partial charge in [-0.15, -0.1) is 0 Å². The quantitative estimate of drug-likeness (QED) is 0.350. The molecule has 0 bridgehead atoms. The summed E-state index contributed by atoms with van der Waals surface area (Å²) in [5.41, 5.74) is 1.15. The van der Waals surface area contributed by atoms with E-state index in [2.05, 4.69) is 33.9 Å². The summed E-state index contributed by atoms with van der Waals surface area (Å²) in [7, 11) is -0.724. The zero-order valence-corrected chi connectivity index (χ0v) is 21.7. The molecule has 180 valence electrons. The third kappa shape index (κ3) is 6.80. The Labute approximate surface area is 196 Å². The van der Waals surface area contributed by atoms with Crippen LogP contribution in [0.4, 0.5) is 9.18 Å². The molecule has 6 nitrogen and oxygen atoms in total. The summed E-state index contributed by atoms with van der Waals surface area (Å²) in [6.07, 6.45) is -0.736. The van der Waals surface area contributed by atoms with Gasteiger partial charge in [0.1, 0.15) is 23.9 Å². The fraction of sp³-hybridized carbons (Fsp3) is 0.440. The Morgan fingerprint density at radius 1 is 1.06 bits per heavy atom. The number of hydrogen-bond acceptors (Lipinski definition) is 5. The number of amides is 1. The number of halogens is 1. The molecule has 0 N–H and O–H groups in total. The molecule has 1 amide bonds. The van der Waals surface area contributed by atoms with Gasteiger partial charge in [0.2, 0.25) is 8.32 Å². The van der Waals surface area contributed by atoms with Crippen LogP contribution in [-0.4, -0.2) is 38.9 Å². The smallest absolute Gasteiger partial charge is 0.416 e. The van der Waals surface area contributed by atoms with E-state index in [0.29, 0.717) is 5.56 Å². The van der Waals surface area contributed by atoms with Crippen molar-refractivity contribution in [2.45, 2.75) is 58.8 Å². The van der Waals surface area contributed by atoms with Gasteiger partial charge in [-0.05, 0) is 73.4 Å². The predicted octanol–water partition coefficient (Wildman–Crippen LogP) is 6.25. The number of hydrogen-bond donors (Lipinski definition) is 0. The second-order valence-corrected chi connectivity index (χ2v) is 14.3. The molecule has 0 saturated heterocycles. The fourth-order valence-corrected chi connectivity index (χ4v) is 3.88. The summed E-state index contributed by atoms with van der Waals surface area (Å²) < 4.78 is 30.0. The normalized spacial score (nSPS) is 12.6. The van der Waals surface area contributed by atoms with Crippen LogP contribution in [0, 0.1) is 12.7 Å². The number of carbonyl (C=O) groups excluding carboxylic acids is 2. The van der Waals surface area contributed by atoms with E-state index in [1.54, 1.807) is 13.8 Å². The zero-order valence-electron chi connectivity index (χ0n) is 20.7. The third-order valence-electron chi connectivity index (χ3n) is 6.11. The van der Waals surface area contributed by atoms with Crippen LogP contribution in [0.3, 0.4) is 0 Å². The van der Waals surface area contributed by atoms with E-state index < -0.39 is 32.2 Å². The Hall–Kier alpha value is -2.87. The minimum atomic E-state index is -1.98. The van der Waals surface area contributed by atoms with Gasteiger partial charge in [0, 0.05) is 0 Å². The van der Waals surface area contributed by atoms with E-state index in [9.17, 15) is 14.0 Å². The van der Waals surface area contributed by atoms with Crippen molar-refractivity contribution in [3.8, 4) is 11.5 Å². The van der Waals surface area contributed by atoms with E-state index in [4.69, 9.17) is 13.9 Å². The van der Waals surface area contributed by atoms with Gasteiger partial charge in [-0.3, -0.25) is 9.69 Å². The molecule has 0 aliphatic carbocycles. The van der Waals surface area contributed by atoms with Crippen LogP contribution in [0.5, 0.6) is 11.5 Å². The topological polar surface area (TPSA) is 65.1 Å². The molecule has 0 spiro atoms. The molecule has 2 rings (SSSR count). The van der Waals surface area contributed by atoms with Gasteiger partial charge in [-0.25, -0.2) is 9.18 Å². The summed E-state index contributed by atoms with van der Waals surface area (Å²) in [6.45, 7) is 14.0. The Morgan fingerprint density at radius 2 is 1.64 bits per heavy atom. The van der Waals surface area contributed by atoms with Crippen molar-refractivity contribution < 1.29 is 27.9 Å². The van der Waals surface area contributed by atoms with Crippen molar-refractivity contribution >= 4 is 20.4 Å². The first kappa shape index (κ1) is 26.4. The van der Waals surface area contributed by atoms with Crippen molar-refractivity contribution in [3.63, 3.8) is 0 Å². The first-order valence-corrected chi connectivity index (χ1v) is 13.8. The molecule has 2 aromatic carbocycles. The van der Waals surface area contributed by atoms with Gasteiger partial charge in [0.15, 0.2) is 0 Å². The van der Waals surface area contributed by atoms with Crippen LogP contribution < -0.4 is 9.16 Å². The van der Waals surface area contributed by atoms with Crippen LogP contribution in [0.1, 0.15) is 44.9 Å². The highest BCUT2D eigenvalue weighted by molar-refractivity contribution is 6.74. The summed E-state index contributed by atoms with van der Waals surface area (Å²) in [5.74, 6) is -0.0120. The largest absolute Gasteiger partial charge is 0.544 e. The number of esters is 1. The SMILES string of the molecule is COC(=O)CN(C(=O)Oc1ccc(F)c(C)c1)C(C)c1ccc(O[Si](C)(C)C(C)(C)C)cc1. The Bertz CT molecular complexity index is 985. The minimum absolute atomic E-state index is 0.0682. The maximum Gasteiger partial charge on any atom is 0.416 e. The lowest BCUT2D eigenvalue weighted by Gasteiger charge is -2.36. The van der Waals surface area contributed by atoms with Gasteiger partial charge in [-0.1, -0.05) is 32.9 Å². The molecule has 0 aliphatic heterocycles. The van der Waals surface area contributed by atoms with Crippen molar-refractivity contribution in [1.29, 1.82) is 0 Å². The second-order valence-electron chi connectivity index (χ2n) is 9.59. The first-order chi connectivity index (χ1) is 15.2. The van der Waals surface area contributed by atoms with E-state index >= 15 is 0 Å². The number of aryl methyl sites for hydroxylation is 1. The van der Waals surface area contributed by atoms with Gasteiger partial charge < -0.3 is 13.9 Å². The average molecular weight is 476 g/mol. The first-order valence-electron chi connectivity index (χ1n) is 10.9. The standard InChI is InChI=1S/C25H34FNO5Si/c1-17-15-21(13-14-22(17)26)31-24(29)27(16-23(28)30-6)18(2)19-9-11-20(12-10-19)32-33(7,8)25(3,4)5/h9-15,18H,16H2,1-8H3. The highest BCUT2D eigenvalue weighted by Gasteiger charge is 2.39. The van der Waals surface area contributed by atoms with Crippen molar-refractivity contribution in [2.24, 2.45) is 0 Å². The predicted molar refractivity (Wildman–Crippen MR) is 129 cm³/mol. The molecular formula is C25H34FNO5Si. The molecule has 0 saturated carbocycles. The number of rotatable bonds is 7. The fourth-order valence-electron chi connectivity index (χ4n) is 2.85. The zero-order chi connectivity index (χ0) is 25.0. The molecule has 1 unspecified atom stereocenters. The monoisotopic (exact) mass is 475 g/mol. The Kier molecular flexibility index (Phi) is 8.29. The van der Waals surface area contributed by atoms with Gasteiger partial charge in [0.25, 0.3) is 0 Å². The van der Waals surface area contributed by atoms with Crippen molar-refractivity contribution in [1.82, 2.24) is 4.90 Å². The number of benzene rings is 2. The van der Waals surface area contributed by atoms with Gasteiger partial charge >= 0.3 is 12.1 Å².